The van der Waals surface area contributed by atoms with E-state index in [0.717, 1.165) is 16.3 Å². The number of terminal acetylenes is 1. The van der Waals surface area contributed by atoms with E-state index >= 15 is 0 Å². The molecule has 32 heavy (non-hydrogen) atoms. The van der Waals surface area contributed by atoms with Crippen LogP contribution in [-0.2, 0) is 14.4 Å². The summed E-state index contributed by atoms with van der Waals surface area (Å²) in [6, 6.07) is 19.7. The molecule has 0 bridgehead atoms. The van der Waals surface area contributed by atoms with Crippen molar-refractivity contribution in [3.63, 3.8) is 0 Å². The number of para-hydroxylation sites is 1. The predicted octanol–water partition coefficient (Wildman–Crippen LogP) is 2.05. The molecule has 8 heteroatoms. The lowest BCUT2D eigenvalue weighted by molar-refractivity contribution is -0.137. The monoisotopic (exact) mass is 428 g/mol. The van der Waals surface area contributed by atoms with Gasteiger partial charge in [-0.1, -0.05) is 54.6 Å². The molecule has 0 radical (unpaired) electrons. The predicted molar refractivity (Wildman–Crippen MR) is 120 cm³/mol. The average Bonchev–Trinajstić information content (AvgIpc) is 2.81. The summed E-state index contributed by atoms with van der Waals surface area (Å²) in [5.41, 5.74) is 5.02. The molecule has 160 valence electrons. The van der Waals surface area contributed by atoms with E-state index in [4.69, 9.17) is 6.42 Å². The molecule has 0 unspecified atom stereocenters. The highest BCUT2D eigenvalue weighted by molar-refractivity contribution is 6.40. The Morgan fingerprint density at radius 1 is 0.844 bits per heavy atom. The van der Waals surface area contributed by atoms with E-state index in [1.165, 1.54) is 12.1 Å². The highest BCUT2D eigenvalue weighted by Crippen LogP contribution is 2.25. The number of carbonyl (C=O) groups excluding carboxylic acids is 4. The molecule has 8 nitrogen and oxygen atoms in total. The molecule has 0 aliphatic carbocycles. The fraction of sp³-hybridized carbons (Fsp3) is 0.0833. The molecule has 0 saturated heterocycles. The summed E-state index contributed by atoms with van der Waals surface area (Å²) < 4.78 is 0. The van der Waals surface area contributed by atoms with Gasteiger partial charge in [-0.3, -0.25) is 30.0 Å². The minimum atomic E-state index is -1.15. The van der Waals surface area contributed by atoms with Crippen LogP contribution in [0.5, 0.6) is 0 Å². The summed E-state index contributed by atoms with van der Waals surface area (Å²) in [7, 11) is 0. The number of fused-ring (bicyclic) bond motifs is 1. The fourth-order valence-electron chi connectivity index (χ4n) is 3.16. The van der Waals surface area contributed by atoms with Gasteiger partial charge in [0.1, 0.15) is 0 Å². The Bertz CT molecular complexity index is 1240. The van der Waals surface area contributed by atoms with E-state index < -0.39 is 23.6 Å². The van der Waals surface area contributed by atoms with Crippen molar-refractivity contribution in [1.29, 1.82) is 0 Å². The fourth-order valence-corrected chi connectivity index (χ4v) is 3.16. The second kappa shape index (κ2) is 9.91. The molecule has 4 N–H and O–H groups in total. The summed E-state index contributed by atoms with van der Waals surface area (Å²) in [6.45, 7) is 1.86. The molecule has 0 spiro atoms. The number of anilines is 1. The van der Waals surface area contributed by atoms with Crippen LogP contribution in [-0.4, -0.2) is 23.6 Å². The normalized spacial score (nSPS) is 11.0. The summed E-state index contributed by atoms with van der Waals surface area (Å²) in [5, 5.41) is 7.37. The smallest absolute Gasteiger partial charge is 0.328 e. The van der Waals surface area contributed by atoms with Gasteiger partial charge in [0.05, 0.1) is 17.3 Å². The number of nitrogens with one attached hydrogen (secondary N) is 4. The molecular weight excluding hydrogens is 408 g/mol. The third-order valence-corrected chi connectivity index (χ3v) is 4.68. The molecule has 0 saturated carbocycles. The van der Waals surface area contributed by atoms with E-state index in [2.05, 4.69) is 10.6 Å². The Hall–Kier alpha value is -4.64. The van der Waals surface area contributed by atoms with Gasteiger partial charge in [0.2, 0.25) is 0 Å². The maximum atomic E-state index is 12.9. The van der Waals surface area contributed by atoms with Crippen molar-refractivity contribution in [2.75, 3.05) is 5.32 Å². The largest absolute Gasteiger partial charge is 0.345 e. The molecule has 3 aromatic rings. The second-order valence-corrected chi connectivity index (χ2v) is 6.82. The maximum absolute atomic E-state index is 12.9. The lowest BCUT2D eigenvalue weighted by Crippen LogP contribution is -2.46. The number of carbonyl (C=O) groups is 4. The summed E-state index contributed by atoms with van der Waals surface area (Å²) in [5.74, 6) is -1.84. The Labute approximate surface area is 184 Å². The van der Waals surface area contributed by atoms with Crippen LogP contribution in [0.3, 0.4) is 0 Å². The third kappa shape index (κ3) is 5.09. The van der Waals surface area contributed by atoms with Crippen LogP contribution in [0.1, 0.15) is 28.9 Å². The van der Waals surface area contributed by atoms with Gasteiger partial charge >= 0.3 is 17.7 Å². The van der Waals surface area contributed by atoms with Crippen LogP contribution in [0.15, 0.2) is 66.7 Å². The van der Waals surface area contributed by atoms with Crippen molar-refractivity contribution in [3.05, 3.63) is 77.9 Å². The first kappa shape index (κ1) is 22.1. The molecule has 0 aliphatic rings. The number of amides is 4. The average molecular weight is 428 g/mol. The van der Waals surface area contributed by atoms with Crippen molar-refractivity contribution >= 4 is 40.1 Å². The van der Waals surface area contributed by atoms with Crippen molar-refractivity contribution in [2.45, 2.75) is 13.0 Å². The molecule has 4 amide bonds. The first-order chi connectivity index (χ1) is 15.4. The zero-order valence-corrected chi connectivity index (χ0v) is 17.1. The second-order valence-electron chi connectivity index (χ2n) is 6.82. The van der Waals surface area contributed by atoms with Gasteiger partial charge < -0.3 is 10.6 Å². The van der Waals surface area contributed by atoms with Crippen LogP contribution in [0.4, 0.5) is 5.69 Å². The summed E-state index contributed by atoms with van der Waals surface area (Å²) in [4.78, 5) is 47.9. The lowest BCUT2D eigenvalue weighted by Gasteiger charge is -2.18. The summed E-state index contributed by atoms with van der Waals surface area (Å²) in [6.07, 6.45) is 4.87. The number of hydrogen-bond donors (Lipinski definition) is 4. The Morgan fingerprint density at radius 3 is 2.31 bits per heavy atom. The van der Waals surface area contributed by atoms with Crippen molar-refractivity contribution < 1.29 is 19.2 Å². The molecule has 0 heterocycles. The minimum Gasteiger partial charge on any atom is -0.345 e. The van der Waals surface area contributed by atoms with Gasteiger partial charge in [-0.15, -0.1) is 6.42 Å². The Morgan fingerprint density at radius 2 is 1.53 bits per heavy atom. The maximum Gasteiger partial charge on any atom is 0.328 e. The Kier molecular flexibility index (Phi) is 6.83. The van der Waals surface area contributed by atoms with E-state index in [0.29, 0.717) is 0 Å². The summed E-state index contributed by atoms with van der Waals surface area (Å²) >= 11 is 0. The van der Waals surface area contributed by atoms with Crippen LogP contribution in [0, 0.1) is 12.3 Å². The topological polar surface area (TPSA) is 116 Å². The number of rotatable bonds is 4. The van der Waals surface area contributed by atoms with Gasteiger partial charge in [0.25, 0.3) is 5.91 Å². The van der Waals surface area contributed by atoms with E-state index in [1.54, 1.807) is 18.1 Å². The van der Waals surface area contributed by atoms with Crippen LogP contribution < -0.4 is 21.5 Å². The van der Waals surface area contributed by atoms with Gasteiger partial charge in [-0.25, -0.2) is 0 Å². The van der Waals surface area contributed by atoms with Crippen LogP contribution in [0.25, 0.3) is 10.8 Å². The lowest BCUT2D eigenvalue weighted by atomic mass is 9.99. The quantitative estimate of drug-likeness (QED) is 0.289. The highest BCUT2D eigenvalue weighted by Gasteiger charge is 2.20. The number of benzene rings is 3. The van der Waals surface area contributed by atoms with Crippen LogP contribution in [0.2, 0.25) is 0 Å². The zero-order chi connectivity index (χ0) is 23.1. The van der Waals surface area contributed by atoms with Crippen LogP contribution >= 0.6 is 0 Å². The molecular formula is C24H20N4O4. The van der Waals surface area contributed by atoms with Crippen molar-refractivity contribution in [1.82, 2.24) is 16.2 Å². The molecule has 0 aromatic heterocycles. The highest BCUT2D eigenvalue weighted by atomic mass is 16.2. The Balaban J connectivity index is 1.74. The first-order valence-corrected chi connectivity index (χ1v) is 9.66. The molecule has 0 aliphatic heterocycles. The first-order valence-electron chi connectivity index (χ1n) is 9.66. The molecule has 3 rings (SSSR count). The van der Waals surface area contributed by atoms with Gasteiger partial charge in [-0.2, -0.15) is 0 Å². The zero-order valence-electron chi connectivity index (χ0n) is 17.1. The van der Waals surface area contributed by atoms with Gasteiger partial charge in [0, 0.05) is 0 Å². The van der Waals surface area contributed by atoms with Gasteiger partial charge in [0.15, 0.2) is 0 Å². The van der Waals surface area contributed by atoms with E-state index in [-0.39, 0.29) is 17.3 Å². The van der Waals surface area contributed by atoms with Gasteiger partial charge in [-0.05, 0) is 41.3 Å². The SMILES string of the molecule is C#CC(=O)NNC(=O)C(=O)Nc1ccccc1C(=O)N[C@H](C)c1cccc2ccccc12. The minimum absolute atomic E-state index is 0.138. The van der Waals surface area contributed by atoms with Crippen molar-refractivity contribution in [2.24, 2.45) is 0 Å². The molecule has 3 aromatic carbocycles. The van der Waals surface area contributed by atoms with E-state index in [9.17, 15) is 19.2 Å². The standard InChI is InChI=1S/C24H20N4O4/c1-3-21(29)27-28-24(32)23(31)26-20-14-7-6-12-19(20)22(30)25-15(2)17-13-8-10-16-9-4-5-11-18(16)17/h1,4-15H,2H3,(H,25,30)(H,26,31)(H,27,29)(H,28,32)/t15-/m1/s1. The van der Waals surface area contributed by atoms with E-state index in [1.807, 2.05) is 60.2 Å². The number of hydrazine groups is 1. The molecule has 1 atom stereocenters. The third-order valence-electron chi connectivity index (χ3n) is 4.68. The van der Waals surface area contributed by atoms with Crippen molar-refractivity contribution in [3.8, 4) is 12.3 Å². The molecule has 0 fully saturated rings. The number of hydrogen-bond acceptors (Lipinski definition) is 4.